The third-order valence-corrected chi connectivity index (χ3v) is 3.37. The van der Waals surface area contributed by atoms with Crippen molar-refractivity contribution in [2.45, 2.75) is 6.42 Å². The van der Waals surface area contributed by atoms with Gasteiger partial charge >= 0.3 is 0 Å². The summed E-state index contributed by atoms with van der Waals surface area (Å²) in [6.45, 7) is 1.52. The van der Waals surface area contributed by atoms with Crippen molar-refractivity contribution in [3.8, 4) is 5.75 Å². The van der Waals surface area contributed by atoms with Crippen molar-refractivity contribution in [2.75, 3.05) is 18.1 Å². The van der Waals surface area contributed by atoms with E-state index in [1.54, 1.807) is 12.3 Å². The zero-order valence-corrected chi connectivity index (χ0v) is 11.4. The van der Waals surface area contributed by atoms with E-state index in [0.29, 0.717) is 12.3 Å². The molecule has 0 spiro atoms. The Hall–Kier alpha value is -2.76. The van der Waals surface area contributed by atoms with E-state index in [1.165, 1.54) is 0 Å². The Morgan fingerprint density at radius 2 is 2.19 bits per heavy atom. The molecule has 3 N–H and O–H groups in total. The fourth-order valence-corrected chi connectivity index (χ4v) is 2.37. The van der Waals surface area contributed by atoms with Gasteiger partial charge in [0.05, 0.1) is 12.3 Å². The number of rotatable bonds is 2. The molecule has 0 saturated heterocycles. The van der Waals surface area contributed by atoms with Gasteiger partial charge in [-0.3, -0.25) is 4.98 Å². The van der Waals surface area contributed by atoms with E-state index >= 15 is 0 Å². The number of oxime groups is 1. The summed E-state index contributed by atoms with van der Waals surface area (Å²) in [5.74, 6) is 0.855. The fourth-order valence-electron chi connectivity index (χ4n) is 2.37. The molecule has 108 valence electrons. The van der Waals surface area contributed by atoms with Crippen LogP contribution in [0.5, 0.6) is 5.75 Å². The summed E-state index contributed by atoms with van der Waals surface area (Å²) < 4.78 is 5.75. The van der Waals surface area contributed by atoms with E-state index < -0.39 is 0 Å². The molecule has 0 aliphatic carbocycles. The number of aromatic nitrogens is 1. The Balaban J connectivity index is 2.04. The first-order chi connectivity index (χ1) is 10.3. The number of ether oxygens (including phenoxy) is 1. The molecule has 0 bridgehead atoms. The van der Waals surface area contributed by atoms with E-state index in [1.807, 2.05) is 30.3 Å². The Morgan fingerprint density at radius 1 is 1.33 bits per heavy atom. The standard InChI is InChI=1S/C15H16N4O2/c16-15(18-20)12-10-11(6-7-17-12)19-8-3-9-21-14-5-2-1-4-13(14)19/h1-2,4-7,10,20H,3,8-9H2,(H2,16,18). The summed E-state index contributed by atoms with van der Waals surface area (Å²) in [7, 11) is 0. The van der Waals surface area contributed by atoms with Gasteiger partial charge in [0.2, 0.25) is 0 Å². The molecule has 0 atom stereocenters. The molecule has 1 aromatic carbocycles. The van der Waals surface area contributed by atoms with Crippen molar-refractivity contribution in [3.63, 3.8) is 0 Å². The lowest BCUT2D eigenvalue weighted by molar-refractivity contribution is 0.318. The predicted octanol–water partition coefficient (Wildman–Crippen LogP) is 2.10. The van der Waals surface area contributed by atoms with Gasteiger partial charge < -0.3 is 20.6 Å². The van der Waals surface area contributed by atoms with Crippen LogP contribution in [0.1, 0.15) is 12.1 Å². The van der Waals surface area contributed by atoms with Gasteiger partial charge in [-0.1, -0.05) is 17.3 Å². The number of para-hydroxylation sites is 2. The largest absolute Gasteiger partial charge is 0.491 e. The number of pyridine rings is 1. The lowest BCUT2D eigenvalue weighted by Crippen LogP contribution is -2.20. The van der Waals surface area contributed by atoms with E-state index in [-0.39, 0.29) is 5.84 Å². The number of nitrogens with zero attached hydrogens (tertiary/aromatic N) is 3. The van der Waals surface area contributed by atoms with Crippen LogP contribution in [0.25, 0.3) is 0 Å². The Bertz CT molecular complexity index is 672. The van der Waals surface area contributed by atoms with Gasteiger partial charge in [-0.25, -0.2) is 0 Å². The average Bonchev–Trinajstić information content (AvgIpc) is 2.76. The highest BCUT2D eigenvalue weighted by atomic mass is 16.5. The number of anilines is 2. The first kappa shape index (κ1) is 13.2. The maximum atomic E-state index is 8.78. The zero-order valence-electron chi connectivity index (χ0n) is 11.4. The molecule has 21 heavy (non-hydrogen) atoms. The van der Waals surface area contributed by atoms with Gasteiger partial charge in [-0.2, -0.15) is 0 Å². The summed E-state index contributed by atoms with van der Waals surface area (Å²) in [6, 6.07) is 11.6. The molecule has 0 unspecified atom stereocenters. The summed E-state index contributed by atoms with van der Waals surface area (Å²) >= 11 is 0. The van der Waals surface area contributed by atoms with E-state index in [9.17, 15) is 0 Å². The number of hydrogen-bond acceptors (Lipinski definition) is 5. The van der Waals surface area contributed by atoms with E-state index in [2.05, 4.69) is 15.0 Å². The first-order valence-corrected chi connectivity index (χ1v) is 6.73. The van der Waals surface area contributed by atoms with Gasteiger partial charge in [0, 0.05) is 18.4 Å². The van der Waals surface area contributed by atoms with Crippen molar-refractivity contribution in [1.29, 1.82) is 0 Å². The summed E-state index contributed by atoms with van der Waals surface area (Å²) in [5, 5.41) is 11.8. The Morgan fingerprint density at radius 3 is 3.05 bits per heavy atom. The number of benzene rings is 1. The number of nitrogens with two attached hydrogens (primary N) is 1. The molecule has 2 aromatic rings. The average molecular weight is 284 g/mol. The smallest absolute Gasteiger partial charge is 0.188 e. The lowest BCUT2D eigenvalue weighted by atomic mass is 10.2. The molecular weight excluding hydrogens is 268 g/mol. The quantitative estimate of drug-likeness (QED) is 0.382. The molecule has 1 aromatic heterocycles. The molecule has 0 radical (unpaired) electrons. The molecule has 0 fully saturated rings. The van der Waals surface area contributed by atoms with E-state index in [0.717, 1.165) is 30.1 Å². The minimum atomic E-state index is -0.00351. The van der Waals surface area contributed by atoms with Crippen LogP contribution in [-0.4, -0.2) is 29.2 Å². The van der Waals surface area contributed by atoms with Crippen LogP contribution in [-0.2, 0) is 0 Å². The van der Waals surface area contributed by atoms with Crippen LogP contribution in [0, 0.1) is 0 Å². The maximum absolute atomic E-state index is 8.78. The Kier molecular flexibility index (Phi) is 3.59. The van der Waals surface area contributed by atoms with Gasteiger partial charge in [0.25, 0.3) is 0 Å². The summed E-state index contributed by atoms with van der Waals surface area (Å²) in [5.41, 5.74) is 8.00. The second-order valence-electron chi connectivity index (χ2n) is 4.71. The minimum absolute atomic E-state index is 0.00351. The highest BCUT2D eigenvalue weighted by Crippen LogP contribution is 2.35. The molecule has 1 aliphatic heterocycles. The van der Waals surface area contributed by atoms with Crippen molar-refractivity contribution in [3.05, 3.63) is 48.3 Å². The van der Waals surface area contributed by atoms with Crippen LogP contribution in [0.3, 0.4) is 0 Å². The van der Waals surface area contributed by atoms with Crippen molar-refractivity contribution in [2.24, 2.45) is 10.9 Å². The molecule has 2 heterocycles. The third-order valence-electron chi connectivity index (χ3n) is 3.37. The van der Waals surface area contributed by atoms with Gasteiger partial charge in [0.15, 0.2) is 5.84 Å². The highest BCUT2D eigenvalue weighted by molar-refractivity contribution is 5.96. The van der Waals surface area contributed by atoms with Gasteiger partial charge in [-0.05, 0) is 30.7 Å². The van der Waals surface area contributed by atoms with Crippen molar-refractivity contribution < 1.29 is 9.94 Å². The van der Waals surface area contributed by atoms with Crippen molar-refractivity contribution >= 4 is 17.2 Å². The normalized spacial score (nSPS) is 15.0. The molecular formula is C15H16N4O2. The topological polar surface area (TPSA) is 84.0 Å². The monoisotopic (exact) mass is 284 g/mol. The van der Waals surface area contributed by atoms with Crippen LogP contribution < -0.4 is 15.4 Å². The van der Waals surface area contributed by atoms with Crippen LogP contribution >= 0.6 is 0 Å². The van der Waals surface area contributed by atoms with E-state index in [4.69, 9.17) is 15.7 Å². The highest BCUT2D eigenvalue weighted by Gasteiger charge is 2.18. The molecule has 1 aliphatic rings. The van der Waals surface area contributed by atoms with Crippen molar-refractivity contribution in [1.82, 2.24) is 4.98 Å². The summed E-state index contributed by atoms with van der Waals surface area (Å²) in [4.78, 5) is 6.26. The molecule has 3 rings (SSSR count). The second-order valence-corrected chi connectivity index (χ2v) is 4.71. The van der Waals surface area contributed by atoms with Crippen LogP contribution in [0.4, 0.5) is 11.4 Å². The number of fused-ring (bicyclic) bond motifs is 1. The first-order valence-electron chi connectivity index (χ1n) is 6.73. The van der Waals surface area contributed by atoms with Gasteiger partial charge in [0.1, 0.15) is 11.4 Å². The summed E-state index contributed by atoms with van der Waals surface area (Å²) in [6.07, 6.45) is 2.56. The Labute approximate surface area is 122 Å². The van der Waals surface area contributed by atoms with Gasteiger partial charge in [-0.15, -0.1) is 0 Å². The molecule has 0 amide bonds. The maximum Gasteiger partial charge on any atom is 0.188 e. The SMILES string of the molecule is N/C(=N/O)c1cc(N2CCCOc3ccccc32)ccn1. The number of hydrogen-bond donors (Lipinski definition) is 2. The number of amidine groups is 1. The second kappa shape index (κ2) is 5.70. The third kappa shape index (κ3) is 2.60. The minimum Gasteiger partial charge on any atom is -0.491 e. The lowest BCUT2D eigenvalue weighted by Gasteiger charge is -2.24. The molecule has 6 nitrogen and oxygen atoms in total. The molecule has 0 saturated carbocycles. The fraction of sp³-hybridized carbons (Fsp3) is 0.200. The van der Waals surface area contributed by atoms with Crippen LogP contribution in [0.2, 0.25) is 0 Å². The predicted molar refractivity (Wildman–Crippen MR) is 80.3 cm³/mol. The van der Waals surface area contributed by atoms with Crippen LogP contribution in [0.15, 0.2) is 47.8 Å². The molecule has 6 heteroatoms. The zero-order chi connectivity index (χ0) is 14.7.